The van der Waals surface area contributed by atoms with Crippen LogP contribution in [0, 0.1) is 0 Å². The molecule has 0 aliphatic carbocycles. The van der Waals surface area contributed by atoms with Crippen molar-refractivity contribution >= 4 is 22.7 Å². The predicted octanol–water partition coefficient (Wildman–Crippen LogP) is 0.470. The number of hydrogen-bond acceptors (Lipinski definition) is 8. The zero-order chi connectivity index (χ0) is 18.1. The van der Waals surface area contributed by atoms with Crippen molar-refractivity contribution in [3.63, 3.8) is 0 Å². The first-order chi connectivity index (χ1) is 11.0. The Morgan fingerprint density at radius 1 is 0.792 bits per heavy atom. The normalized spacial score (nSPS) is 12.1. The maximum Gasteiger partial charge on any atom is 0.343 e. The Labute approximate surface area is 136 Å². The molecular formula is C16H16O8. The second-order valence-corrected chi connectivity index (χ2v) is 5.36. The molecule has 24 heavy (non-hydrogen) atoms. The summed E-state index contributed by atoms with van der Waals surface area (Å²) in [6.45, 7) is 1.71. The van der Waals surface area contributed by atoms with Crippen LogP contribution in [0.4, 0.5) is 0 Å². The maximum atomic E-state index is 12.1. The van der Waals surface area contributed by atoms with Crippen molar-refractivity contribution in [1.82, 2.24) is 0 Å². The van der Waals surface area contributed by atoms with E-state index in [4.69, 9.17) is 0 Å². The van der Waals surface area contributed by atoms with Crippen molar-refractivity contribution in [3.8, 4) is 0 Å². The van der Waals surface area contributed by atoms with Crippen LogP contribution in [0.3, 0.4) is 0 Å². The van der Waals surface area contributed by atoms with Gasteiger partial charge in [0.15, 0.2) is 0 Å². The number of fused-ring (bicyclic) bond motifs is 1. The zero-order valence-electron chi connectivity index (χ0n) is 12.9. The molecule has 0 aromatic heterocycles. The van der Waals surface area contributed by atoms with Gasteiger partial charge in [-0.15, -0.1) is 0 Å². The number of carbonyl (C=O) groups excluding carboxylic acids is 2. The highest BCUT2D eigenvalue weighted by Crippen LogP contribution is 2.26. The van der Waals surface area contributed by atoms with Crippen LogP contribution in [0.2, 0.25) is 0 Å². The summed E-state index contributed by atoms with van der Waals surface area (Å²) in [5, 5.41) is 37.4. The summed E-state index contributed by atoms with van der Waals surface area (Å²) in [4.78, 5) is 24.3. The molecule has 128 valence electrons. The average Bonchev–Trinajstić information content (AvgIpc) is 2.42. The molecule has 0 fully saturated rings. The highest BCUT2D eigenvalue weighted by atomic mass is 16.8. The van der Waals surface area contributed by atoms with Crippen LogP contribution in [0.25, 0.3) is 10.8 Å². The molecule has 0 atom stereocenters. The van der Waals surface area contributed by atoms with Crippen molar-refractivity contribution in [3.05, 3.63) is 47.5 Å². The zero-order valence-corrected chi connectivity index (χ0v) is 12.9. The SMILES string of the molecule is CC(O)(O)OC(=O)c1cccc2cccc(C(=O)OC(C)(O)O)c12. The Balaban J connectivity index is 2.58. The Bertz CT molecular complexity index is 720. The summed E-state index contributed by atoms with van der Waals surface area (Å²) in [5.41, 5.74) is -0.237. The van der Waals surface area contributed by atoms with Gasteiger partial charge in [-0.3, -0.25) is 0 Å². The third-order valence-electron chi connectivity index (χ3n) is 2.92. The second-order valence-electron chi connectivity index (χ2n) is 5.36. The van der Waals surface area contributed by atoms with Crippen molar-refractivity contribution in [2.75, 3.05) is 0 Å². The lowest BCUT2D eigenvalue weighted by Gasteiger charge is -2.19. The van der Waals surface area contributed by atoms with Crippen LogP contribution in [-0.2, 0) is 9.47 Å². The van der Waals surface area contributed by atoms with Gasteiger partial charge in [-0.2, -0.15) is 0 Å². The molecule has 0 unspecified atom stereocenters. The van der Waals surface area contributed by atoms with Gasteiger partial charge in [-0.1, -0.05) is 24.3 Å². The first-order valence-electron chi connectivity index (χ1n) is 6.86. The number of benzene rings is 2. The van der Waals surface area contributed by atoms with Gasteiger partial charge in [0, 0.05) is 19.2 Å². The molecule has 2 aromatic carbocycles. The topological polar surface area (TPSA) is 134 Å². The predicted molar refractivity (Wildman–Crippen MR) is 80.5 cm³/mol. The first kappa shape index (κ1) is 17.8. The van der Waals surface area contributed by atoms with Crippen molar-refractivity contribution in [1.29, 1.82) is 0 Å². The van der Waals surface area contributed by atoms with Gasteiger partial charge in [0.25, 0.3) is 0 Å². The fraction of sp³-hybridized carbons (Fsp3) is 0.250. The van der Waals surface area contributed by atoms with E-state index in [-0.39, 0.29) is 16.5 Å². The van der Waals surface area contributed by atoms with Crippen LogP contribution in [0.1, 0.15) is 34.6 Å². The van der Waals surface area contributed by atoms with E-state index < -0.39 is 23.9 Å². The van der Waals surface area contributed by atoms with E-state index in [1.54, 1.807) is 12.1 Å². The molecule has 2 aromatic rings. The Hall–Kier alpha value is -2.52. The first-order valence-corrected chi connectivity index (χ1v) is 6.86. The largest absolute Gasteiger partial charge is 0.405 e. The summed E-state index contributed by atoms with van der Waals surface area (Å²) in [6.07, 6.45) is 0. The average molecular weight is 336 g/mol. The molecular weight excluding hydrogens is 320 g/mol. The fourth-order valence-corrected chi connectivity index (χ4v) is 2.14. The van der Waals surface area contributed by atoms with E-state index in [1.165, 1.54) is 24.3 Å². The van der Waals surface area contributed by atoms with Gasteiger partial charge < -0.3 is 29.9 Å². The molecule has 4 N–H and O–H groups in total. The molecule has 0 heterocycles. The van der Waals surface area contributed by atoms with Crippen LogP contribution >= 0.6 is 0 Å². The van der Waals surface area contributed by atoms with Gasteiger partial charge in [0.2, 0.25) is 0 Å². The lowest BCUT2D eigenvalue weighted by atomic mass is 9.99. The van der Waals surface area contributed by atoms with Gasteiger partial charge in [-0.25, -0.2) is 9.59 Å². The molecule has 0 bridgehead atoms. The monoisotopic (exact) mass is 336 g/mol. The third kappa shape index (κ3) is 4.27. The molecule has 0 radical (unpaired) electrons. The number of rotatable bonds is 4. The van der Waals surface area contributed by atoms with Crippen molar-refractivity contribution in [2.45, 2.75) is 25.8 Å². The summed E-state index contributed by atoms with van der Waals surface area (Å²) >= 11 is 0. The Morgan fingerprint density at radius 2 is 1.17 bits per heavy atom. The molecule has 2 rings (SSSR count). The standard InChI is InChI=1S/C16H16O8/c1-15(19,20)23-13(17)10-7-3-5-9-6-4-8-11(12(9)10)14(18)24-16(2,21)22/h3-8,19-22H,1-2H3. The lowest BCUT2D eigenvalue weighted by Crippen LogP contribution is -2.31. The molecule has 0 aliphatic heterocycles. The summed E-state index contributed by atoms with van der Waals surface area (Å²) < 4.78 is 8.98. The van der Waals surface area contributed by atoms with E-state index in [2.05, 4.69) is 9.47 Å². The molecule has 8 nitrogen and oxygen atoms in total. The molecule has 0 saturated carbocycles. The summed E-state index contributed by atoms with van der Waals surface area (Å²) in [5.74, 6) is -7.54. The van der Waals surface area contributed by atoms with Gasteiger partial charge in [0.1, 0.15) is 0 Å². The molecule has 8 heteroatoms. The van der Waals surface area contributed by atoms with Gasteiger partial charge in [0.05, 0.1) is 11.1 Å². The third-order valence-corrected chi connectivity index (χ3v) is 2.92. The number of aliphatic hydroxyl groups is 4. The highest BCUT2D eigenvalue weighted by molar-refractivity contribution is 6.13. The smallest absolute Gasteiger partial charge is 0.343 e. The minimum Gasteiger partial charge on any atom is -0.405 e. The molecule has 0 aliphatic rings. The minimum atomic E-state index is -2.69. The summed E-state index contributed by atoms with van der Waals surface area (Å²) in [7, 11) is 0. The number of ether oxygens (including phenoxy) is 2. The second kappa shape index (κ2) is 6.17. The lowest BCUT2D eigenvalue weighted by molar-refractivity contribution is -0.295. The van der Waals surface area contributed by atoms with Crippen LogP contribution < -0.4 is 0 Å². The van der Waals surface area contributed by atoms with Crippen LogP contribution in [0.5, 0.6) is 0 Å². The van der Waals surface area contributed by atoms with Crippen molar-refractivity contribution < 1.29 is 39.5 Å². The van der Waals surface area contributed by atoms with E-state index in [1.807, 2.05) is 0 Å². The molecule has 0 saturated heterocycles. The van der Waals surface area contributed by atoms with E-state index in [0.29, 0.717) is 5.39 Å². The van der Waals surface area contributed by atoms with Crippen LogP contribution in [0.15, 0.2) is 36.4 Å². The van der Waals surface area contributed by atoms with Crippen LogP contribution in [-0.4, -0.2) is 44.3 Å². The summed E-state index contributed by atoms with van der Waals surface area (Å²) in [6, 6.07) is 8.90. The van der Waals surface area contributed by atoms with E-state index in [0.717, 1.165) is 13.8 Å². The minimum absolute atomic E-state index is 0.114. The van der Waals surface area contributed by atoms with Crippen molar-refractivity contribution in [2.24, 2.45) is 0 Å². The van der Waals surface area contributed by atoms with E-state index in [9.17, 15) is 30.0 Å². The Morgan fingerprint density at radius 3 is 1.50 bits per heavy atom. The van der Waals surface area contributed by atoms with E-state index >= 15 is 0 Å². The maximum absolute atomic E-state index is 12.1. The fourth-order valence-electron chi connectivity index (χ4n) is 2.14. The number of esters is 2. The number of carbonyl (C=O) groups is 2. The quantitative estimate of drug-likeness (QED) is 0.468. The Kier molecular flexibility index (Phi) is 4.59. The van der Waals surface area contributed by atoms with Gasteiger partial charge >= 0.3 is 23.9 Å². The van der Waals surface area contributed by atoms with Gasteiger partial charge in [-0.05, 0) is 17.5 Å². The molecule has 0 spiro atoms. The molecule has 0 amide bonds. The highest BCUT2D eigenvalue weighted by Gasteiger charge is 2.27. The number of hydrogen-bond donors (Lipinski definition) is 4.